The molecule has 0 aliphatic carbocycles. The summed E-state index contributed by atoms with van der Waals surface area (Å²) in [6, 6.07) is 15.0. The average Bonchev–Trinajstić information content (AvgIpc) is 3.10. The molecule has 1 aliphatic rings. The summed E-state index contributed by atoms with van der Waals surface area (Å²) in [5.41, 5.74) is 9.65. The highest BCUT2D eigenvalue weighted by Crippen LogP contribution is 2.20. The van der Waals surface area contributed by atoms with Crippen molar-refractivity contribution < 1.29 is 4.39 Å². The van der Waals surface area contributed by atoms with Crippen molar-refractivity contribution in [3.05, 3.63) is 65.7 Å². The van der Waals surface area contributed by atoms with Gasteiger partial charge in [-0.1, -0.05) is 37.1 Å². The van der Waals surface area contributed by atoms with E-state index < -0.39 is 0 Å². The highest BCUT2D eigenvalue weighted by atomic mass is 19.1. The largest absolute Gasteiger partial charge is 0.323 e. The Bertz CT molecular complexity index is 912. The maximum atomic E-state index is 13.3. The number of aromatic nitrogens is 2. The van der Waals surface area contributed by atoms with Gasteiger partial charge in [0.1, 0.15) is 11.6 Å². The number of imidazole rings is 1. The highest BCUT2D eigenvalue weighted by molar-refractivity contribution is 5.76. The highest BCUT2D eigenvalue weighted by Gasteiger charge is 2.17. The van der Waals surface area contributed by atoms with Crippen LogP contribution in [0.3, 0.4) is 0 Å². The summed E-state index contributed by atoms with van der Waals surface area (Å²) >= 11 is 0. The Morgan fingerprint density at radius 3 is 2.52 bits per heavy atom. The summed E-state index contributed by atoms with van der Waals surface area (Å²) in [5.74, 6) is 0.900. The standard InChI is InChI=1S/C24H31FN4/c25-20-14-12-19(13-15-20)18-29-22-9-3-2-8-21(22)27-24(29)11-5-4-10-23(26)28-16-6-1-7-17-28/h2-3,8-9,12-15,23H,1,4-7,10-11,16-18,26H2. The predicted octanol–water partition coefficient (Wildman–Crippen LogP) is 4.71. The third-order valence-electron chi connectivity index (χ3n) is 6.00. The zero-order valence-electron chi connectivity index (χ0n) is 17.1. The summed E-state index contributed by atoms with van der Waals surface area (Å²) in [6.45, 7) is 3.01. The number of hydrogen-bond acceptors (Lipinski definition) is 3. The van der Waals surface area contributed by atoms with E-state index in [4.69, 9.17) is 10.7 Å². The lowest BCUT2D eigenvalue weighted by atomic mass is 10.1. The molecule has 0 spiro atoms. The molecule has 0 radical (unpaired) electrons. The Balaban J connectivity index is 1.40. The first-order chi connectivity index (χ1) is 14.2. The van der Waals surface area contributed by atoms with E-state index in [9.17, 15) is 4.39 Å². The number of piperidine rings is 1. The molecule has 0 saturated carbocycles. The molecule has 1 aromatic heterocycles. The van der Waals surface area contributed by atoms with Crippen LogP contribution in [0.25, 0.3) is 11.0 Å². The van der Waals surface area contributed by atoms with E-state index in [1.54, 1.807) is 0 Å². The number of hydrogen-bond donors (Lipinski definition) is 1. The first-order valence-corrected chi connectivity index (χ1v) is 10.9. The molecule has 2 heterocycles. The van der Waals surface area contributed by atoms with Crippen molar-refractivity contribution in [3.8, 4) is 0 Å². The average molecular weight is 395 g/mol. The Hall–Kier alpha value is -2.24. The van der Waals surface area contributed by atoms with Crippen molar-refractivity contribution in [2.75, 3.05) is 13.1 Å². The molecule has 29 heavy (non-hydrogen) atoms. The molecule has 0 bridgehead atoms. The van der Waals surface area contributed by atoms with Crippen molar-refractivity contribution in [2.45, 2.75) is 57.7 Å². The monoisotopic (exact) mass is 394 g/mol. The number of rotatable bonds is 8. The number of benzene rings is 2. The van der Waals surface area contributed by atoms with Crippen molar-refractivity contribution in [3.63, 3.8) is 0 Å². The van der Waals surface area contributed by atoms with Gasteiger partial charge >= 0.3 is 0 Å². The SMILES string of the molecule is NC(CCCCc1nc2ccccc2n1Cc1ccc(F)cc1)N1CCCCC1. The predicted molar refractivity (Wildman–Crippen MR) is 116 cm³/mol. The number of para-hydroxylation sites is 2. The molecule has 2 aromatic carbocycles. The lowest BCUT2D eigenvalue weighted by Gasteiger charge is -2.32. The van der Waals surface area contributed by atoms with E-state index >= 15 is 0 Å². The maximum absolute atomic E-state index is 13.3. The van der Waals surface area contributed by atoms with Crippen LogP contribution in [-0.4, -0.2) is 33.7 Å². The van der Waals surface area contributed by atoms with Gasteiger partial charge in [0.2, 0.25) is 0 Å². The molecule has 1 unspecified atom stereocenters. The first kappa shape index (κ1) is 20.0. The normalized spacial score (nSPS) is 16.3. The minimum Gasteiger partial charge on any atom is -0.323 e. The fourth-order valence-electron chi connectivity index (χ4n) is 4.33. The number of nitrogens with zero attached hydrogens (tertiary/aromatic N) is 3. The number of aryl methyl sites for hydroxylation is 1. The van der Waals surface area contributed by atoms with Gasteiger partial charge in [-0.15, -0.1) is 0 Å². The minimum absolute atomic E-state index is 0.188. The van der Waals surface area contributed by atoms with Gasteiger partial charge in [0.25, 0.3) is 0 Å². The van der Waals surface area contributed by atoms with Gasteiger partial charge in [0.05, 0.1) is 17.2 Å². The van der Waals surface area contributed by atoms with Gasteiger partial charge < -0.3 is 10.3 Å². The summed E-state index contributed by atoms with van der Waals surface area (Å²) in [5, 5.41) is 0. The lowest BCUT2D eigenvalue weighted by Crippen LogP contribution is -2.44. The number of fused-ring (bicyclic) bond motifs is 1. The van der Waals surface area contributed by atoms with Crippen LogP contribution < -0.4 is 5.73 Å². The van der Waals surface area contributed by atoms with Crippen LogP contribution in [0.1, 0.15) is 49.9 Å². The van der Waals surface area contributed by atoms with E-state index in [2.05, 4.69) is 21.6 Å². The minimum atomic E-state index is -0.200. The van der Waals surface area contributed by atoms with E-state index in [-0.39, 0.29) is 12.0 Å². The van der Waals surface area contributed by atoms with Gasteiger partial charge in [-0.2, -0.15) is 0 Å². The molecular formula is C24H31FN4. The van der Waals surface area contributed by atoms with Gasteiger partial charge in [-0.05, 0) is 68.6 Å². The van der Waals surface area contributed by atoms with Crippen LogP contribution in [0.15, 0.2) is 48.5 Å². The van der Waals surface area contributed by atoms with Crippen molar-refractivity contribution in [2.24, 2.45) is 5.73 Å². The Morgan fingerprint density at radius 2 is 1.72 bits per heavy atom. The Morgan fingerprint density at radius 1 is 0.966 bits per heavy atom. The van der Waals surface area contributed by atoms with Crippen LogP contribution in [-0.2, 0) is 13.0 Å². The molecule has 1 fully saturated rings. The molecule has 1 aliphatic heterocycles. The third-order valence-corrected chi connectivity index (χ3v) is 6.00. The molecule has 4 rings (SSSR count). The molecule has 1 saturated heterocycles. The van der Waals surface area contributed by atoms with Crippen LogP contribution in [0.4, 0.5) is 4.39 Å². The van der Waals surface area contributed by atoms with Gasteiger partial charge in [-0.25, -0.2) is 9.37 Å². The van der Waals surface area contributed by atoms with Gasteiger partial charge in [0, 0.05) is 13.0 Å². The van der Waals surface area contributed by atoms with Gasteiger partial charge in [-0.3, -0.25) is 4.90 Å². The van der Waals surface area contributed by atoms with Crippen LogP contribution in [0, 0.1) is 5.82 Å². The molecule has 2 N–H and O–H groups in total. The van der Waals surface area contributed by atoms with E-state index in [1.165, 1.54) is 31.4 Å². The van der Waals surface area contributed by atoms with E-state index in [0.717, 1.165) is 61.2 Å². The zero-order valence-corrected chi connectivity index (χ0v) is 17.1. The molecule has 5 heteroatoms. The van der Waals surface area contributed by atoms with E-state index in [1.807, 2.05) is 24.3 Å². The molecular weight excluding hydrogens is 363 g/mol. The Labute approximate surface area is 172 Å². The fraction of sp³-hybridized carbons (Fsp3) is 0.458. The van der Waals surface area contributed by atoms with Crippen LogP contribution in [0.5, 0.6) is 0 Å². The summed E-state index contributed by atoms with van der Waals surface area (Å²) in [7, 11) is 0. The molecule has 154 valence electrons. The number of nitrogens with two attached hydrogens (primary N) is 1. The first-order valence-electron chi connectivity index (χ1n) is 10.9. The van der Waals surface area contributed by atoms with Crippen LogP contribution >= 0.6 is 0 Å². The molecule has 1 atom stereocenters. The second-order valence-corrected chi connectivity index (χ2v) is 8.14. The molecule has 3 aromatic rings. The topological polar surface area (TPSA) is 47.1 Å². The lowest BCUT2D eigenvalue weighted by molar-refractivity contribution is 0.156. The Kier molecular flexibility index (Phi) is 6.57. The van der Waals surface area contributed by atoms with E-state index in [0.29, 0.717) is 6.54 Å². The van der Waals surface area contributed by atoms with Crippen molar-refractivity contribution >= 4 is 11.0 Å². The number of likely N-dealkylation sites (tertiary alicyclic amines) is 1. The summed E-state index contributed by atoms with van der Waals surface area (Å²) in [6.07, 6.45) is 8.25. The third kappa shape index (κ3) is 5.03. The fourth-order valence-corrected chi connectivity index (χ4v) is 4.33. The smallest absolute Gasteiger partial charge is 0.123 e. The van der Waals surface area contributed by atoms with Crippen molar-refractivity contribution in [1.29, 1.82) is 0 Å². The molecule has 4 nitrogen and oxygen atoms in total. The number of halogens is 1. The summed E-state index contributed by atoms with van der Waals surface area (Å²) in [4.78, 5) is 7.32. The summed E-state index contributed by atoms with van der Waals surface area (Å²) < 4.78 is 15.5. The quantitative estimate of drug-likeness (QED) is 0.563. The second-order valence-electron chi connectivity index (χ2n) is 8.14. The number of unbranched alkanes of at least 4 members (excludes halogenated alkanes) is 1. The molecule has 0 amide bonds. The zero-order chi connectivity index (χ0) is 20.1. The maximum Gasteiger partial charge on any atom is 0.123 e. The van der Waals surface area contributed by atoms with Gasteiger partial charge in [0.15, 0.2) is 0 Å². The second kappa shape index (κ2) is 9.51. The van der Waals surface area contributed by atoms with Crippen molar-refractivity contribution in [1.82, 2.24) is 14.5 Å². The van der Waals surface area contributed by atoms with Crippen LogP contribution in [0.2, 0.25) is 0 Å².